The van der Waals surface area contributed by atoms with Crippen LogP contribution in [-0.2, 0) is 0 Å². The highest BCUT2D eigenvalue weighted by molar-refractivity contribution is 6.04. The third-order valence-corrected chi connectivity index (χ3v) is 6.68. The Balaban J connectivity index is 1.15. The fourth-order valence-corrected chi connectivity index (χ4v) is 4.36. The van der Waals surface area contributed by atoms with E-state index in [1.54, 1.807) is 36.4 Å². The first-order valence-electron chi connectivity index (χ1n) is 12.4. The lowest BCUT2D eigenvalue weighted by Gasteiger charge is -2.36. The van der Waals surface area contributed by atoms with Gasteiger partial charge in [0.25, 0.3) is 11.8 Å². The summed E-state index contributed by atoms with van der Waals surface area (Å²) in [5.41, 5.74) is 3.93. The number of rotatable bonds is 6. The summed E-state index contributed by atoms with van der Waals surface area (Å²) in [7, 11) is 0. The van der Waals surface area contributed by atoms with Gasteiger partial charge in [0.1, 0.15) is 0 Å². The van der Waals surface area contributed by atoms with E-state index in [1.165, 1.54) is 5.56 Å². The molecule has 1 saturated heterocycles. The first-order valence-corrected chi connectivity index (χ1v) is 12.4. The average molecular weight is 496 g/mol. The highest BCUT2D eigenvalue weighted by Gasteiger charge is 2.28. The van der Waals surface area contributed by atoms with Crippen molar-refractivity contribution in [3.63, 3.8) is 0 Å². The number of aromatic nitrogens is 2. The van der Waals surface area contributed by atoms with Crippen molar-refractivity contribution in [1.82, 2.24) is 19.9 Å². The number of hydrogen-bond acceptors (Lipinski definition) is 6. The molecule has 1 aliphatic rings. The number of hydrogen-bond donors (Lipinski definition) is 1. The fourth-order valence-electron chi connectivity index (χ4n) is 4.36. The zero-order chi connectivity index (χ0) is 25.8. The molecule has 1 fully saturated rings. The van der Waals surface area contributed by atoms with Crippen LogP contribution in [0.1, 0.15) is 45.1 Å². The maximum absolute atomic E-state index is 13.1. The van der Waals surface area contributed by atoms with Gasteiger partial charge in [0.05, 0.1) is 6.04 Å². The SMILES string of the molecule is Cc1ccc(-c2noc(C(C)N3CCN(C(=O)c4ccc(NC(=O)c5ccccc5)cc4)CC3)n2)cc1. The molecule has 0 aliphatic carbocycles. The van der Waals surface area contributed by atoms with Gasteiger partial charge in [-0.05, 0) is 50.2 Å². The van der Waals surface area contributed by atoms with E-state index in [-0.39, 0.29) is 17.9 Å². The molecule has 1 atom stereocenters. The molecule has 8 nitrogen and oxygen atoms in total. The highest BCUT2D eigenvalue weighted by Crippen LogP contribution is 2.24. The van der Waals surface area contributed by atoms with Crippen molar-refractivity contribution in [2.45, 2.75) is 19.9 Å². The van der Waals surface area contributed by atoms with Gasteiger partial charge in [-0.3, -0.25) is 14.5 Å². The molecule has 0 bridgehead atoms. The maximum atomic E-state index is 13.1. The Hall–Kier alpha value is -4.30. The normalized spacial score (nSPS) is 14.8. The lowest BCUT2D eigenvalue weighted by molar-refractivity contribution is 0.0551. The van der Waals surface area contributed by atoms with Crippen molar-refractivity contribution in [3.05, 3.63) is 101 Å². The van der Waals surface area contributed by atoms with Crippen LogP contribution in [0.25, 0.3) is 11.4 Å². The molecule has 0 spiro atoms. The Labute approximate surface area is 215 Å². The van der Waals surface area contributed by atoms with Gasteiger partial charge in [0, 0.05) is 48.6 Å². The molecule has 8 heteroatoms. The van der Waals surface area contributed by atoms with Crippen molar-refractivity contribution in [3.8, 4) is 11.4 Å². The molecule has 1 unspecified atom stereocenters. The second-order valence-electron chi connectivity index (χ2n) is 9.22. The molecule has 188 valence electrons. The summed E-state index contributed by atoms with van der Waals surface area (Å²) in [6.07, 6.45) is 0. The van der Waals surface area contributed by atoms with E-state index in [4.69, 9.17) is 4.52 Å². The predicted octanol–water partition coefficient (Wildman–Crippen LogP) is 4.82. The van der Waals surface area contributed by atoms with Gasteiger partial charge in [-0.15, -0.1) is 0 Å². The summed E-state index contributed by atoms with van der Waals surface area (Å²) in [6, 6.07) is 24.0. The largest absolute Gasteiger partial charge is 0.337 e. The minimum atomic E-state index is -0.183. The van der Waals surface area contributed by atoms with Crippen LogP contribution < -0.4 is 5.32 Å². The molecule has 2 heterocycles. The van der Waals surface area contributed by atoms with Gasteiger partial charge in [-0.25, -0.2) is 0 Å². The molecule has 1 N–H and O–H groups in total. The molecule has 5 rings (SSSR count). The summed E-state index contributed by atoms with van der Waals surface area (Å²) < 4.78 is 5.56. The van der Waals surface area contributed by atoms with Crippen LogP contribution in [0, 0.1) is 6.92 Å². The van der Waals surface area contributed by atoms with Crippen LogP contribution in [0.3, 0.4) is 0 Å². The van der Waals surface area contributed by atoms with E-state index in [1.807, 2.05) is 61.2 Å². The number of piperazine rings is 1. The monoisotopic (exact) mass is 495 g/mol. The summed E-state index contributed by atoms with van der Waals surface area (Å²) >= 11 is 0. The first kappa shape index (κ1) is 24.4. The zero-order valence-electron chi connectivity index (χ0n) is 20.9. The molecule has 1 aromatic heterocycles. The Bertz CT molecular complexity index is 1360. The average Bonchev–Trinajstić information content (AvgIpc) is 3.44. The van der Waals surface area contributed by atoms with Crippen molar-refractivity contribution >= 4 is 17.5 Å². The topological polar surface area (TPSA) is 91.6 Å². The summed E-state index contributed by atoms with van der Waals surface area (Å²) in [6.45, 7) is 6.72. The Morgan fingerprint density at radius 1 is 0.865 bits per heavy atom. The number of nitrogens with zero attached hydrogens (tertiary/aromatic N) is 4. The quantitative estimate of drug-likeness (QED) is 0.413. The Morgan fingerprint density at radius 2 is 1.54 bits per heavy atom. The number of anilines is 1. The second-order valence-corrected chi connectivity index (χ2v) is 9.22. The smallest absolute Gasteiger partial charge is 0.255 e. The second kappa shape index (κ2) is 10.8. The molecule has 1 aliphatic heterocycles. The van der Waals surface area contributed by atoms with Crippen molar-refractivity contribution in [1.29, 1.82) is 0 Å². The lowest BCUT2D eigenvalue weighted by atomic mass is 10.1. The van der Waals surface area contributed by atoms with E-state index in [2.05, 4.69) is 20.4 Å². The number of benzene rings is 3. The lowest BCUT2D eigenvalue weighted by Crippen LogP contribution is -2.49. The first-order chi connectivity index (χ1) is 18.0. The number of nitrogens with one attached hydrogen (secondary N) is 1. The van der Waals surface area contributed by atoms with E-state index >= 15 is 0 Å². The molecule has 4 aromatic rings. The third-order valence-electron chi connectivity index (χ3n) is 6.68. The zero-order valence-corrected chi connectivity index (χ0v) is 20.9. The molecule has 0 radical (unpaired) electrons. The molecule has 3 aromatic carbocycles. The minimum Gasteiger partial charge on any atom is -0.337 e. The standard InChI is InChI=1S/C29H29N5O3/c1-20-8-10-22(11-9-20)26-31-28(37-32-26)21(2)33-16-18-34(19-17-33)29(36)24-12-14-25(15-13-24)30-27(35)23-6-4-3-5-7-23/h3-15,21H,16-19H2,1-2H3,(H,30,35). The van der Waals surface area contributed by atoms with Crippen LogP contribution in [-0.4, -0.2) is 57.9 Å². The van der Waals surface area contributed by atoms with Gasteiger partial charge >= 0.3 is 0 Å². The van der Waals surface area contributed by atoms with Crippen LogP contribution in [0.4, 0.5) is 5.69 Å². The maximum Gasteiger partial charge on any atom is 0.255 e. The van der Waals surface area contributed by atoms with Gasteiger partial charge in [-0.1, -0.05) is 53.2 Å². The molecular weight excluding hydrogens is 466 g/mol. The van der Waals surface area contributed by atoms with Crippen molar-refractivity contribution < 1.29 is 14.1 Å². The minimum absolute atomic E-state index is 0.0207. The van der Waals surface area contributed by atoms with E-state index in [0.29, 0.717) is 54.7 Å². The summed E-state index contributed by atoms with van der Waals surface area (Å²) in [5.74, 6) is 0.951. The molecule has 0 saturated carbocycles. The number of amides is 2. The van der Waals surface area contributed by atoms with Gasteiger partial charge in [0.15, 0.2) is 0 Å². The van der Waals surface area contributed by atoms with Crippen LogP contribution in [0.2, 0.25) is 0 Å². The molecule has 37 heavy (non-hydrogen) atoms. The van der Waals surface area contributed by atoms with E-state index < -0.39 is 0 Å². The van der Waals surface area contributed by atoms with Crippen LogP contribution in [0.5, 0.6) is 0 Å². The summed E-state index contributed by atoms with van der Waals surface area (Å²) in [5, 5.41) is 7.02. The Kier molecular flexibility index (Phi) is 7.09. The fraction of sp³-hybridized carbons (Fsp3) is 0.241. The Morgan fingerprint density at radius 3 is 2.22 bits per heavy atom. The van der Waals surface area contributed by atoms with Crippen LogP contribution in [0.15, 0.2) is 83.4 Å². The molecule has 2 amide bonds. The van der Waals surface area contributed by atoms with Gasteiger partial charge in [0.2, 0.25) is 11.7 Å². The van der Waals surface area contributed by atoms with E-state index in [9.17, 15) is 9.59 Å². The number of carbonyl (C=O) groups is 2. The summed E-state index contributed by atoms with van der Waals surface area (Å²) in [4.78, 5) is 34.1. The number of carbonyl (C=O) groups excluding carboxylic acids is 2. The molecular formula is C29H29N5O3. The van der Waals surface area contributed by atoms with Crippen LogP contribution >= 0.6 is 0 Å². The van der Waals surface area contributed by atoms with E-state index in [0.717, 1.165) is 5.56 Å². The predicted molar refractivity (Wildman–Crippen MR) is 141 cm³/mol. The van der Waals surface area contributed by atoms with Crippen molar-refractivity contribution in [2.24, 2.45) is 0 Å². The van der Waals surface area contributed by atoms with Gasteiger partial charge < -0.3 is 14.7 Å². The van der Waals surface area contributed by atoms with Gasteiger partial charge in [-0.2, -0.15) is 4.98 Å². The number of aryl methyl sites for hydroxylation is 1. The third kappa shape index (κ3) is 5.59. The van der Waals surface area contributed by atoms with Crippen molar-refractivity contribution in [2.75, 3.05) is 31.5 Å². The highest BCUT2D eigenvalue weighted by atomic mass is 16.5.